The van der Waals surface area contributed by atoms with E-state index in [9.17, 15) is 0 Å². The van der Waals surface area contributed by atoms with Crippen molar-refractivity contribution >= 4 is 71.7 Å². The predicted molar refractivity (Wildman–Crippen MR) is 229 cm³/mol. The molecular formula is C52H33NO2. The minimum Gasteiger partial charge on any atom is -0.456 e. The molecule has 0 aliphatic carbocycles. The van der Waals surface area contributed by atoms with Gasteiger partial charge in [-0.15, -0.1) is 0 Å². The third-order valence-corrected chi connectivity index (χ3v) is 10.9. The molecule has 0 fully saturated rings. The average Bonchev–Trinajstić information content (AvgIpc) is 3.82. The van der Waals surface area contributed by atoms with E-state index in [-0.39, 0.29) is 0 Å². The summed E-state index contributed by atoms with van der Waals surface area (Å²) in [5.41, 5.74) is 13.7. The van der Waals surface area contributed by atoms with Crippen molar-refractivity contribution < 1.29 is 8.83 Å². The first-order valence-corrected chi connectivity index (χ1v) is 18.7. The molecule has 258 valence electrons. The van der Waals surface area contributed by atoms with Gasteiger partial charge < -0.3 is 13.7 Å². The highest BCUT2D eigenvalue weighted by Crippen LogP contribution is 2.44. The Morgan fingerprint density at radius 2 is 0.855 bits per heavy atom. The highest BCUT2D eigenvalue weighted by atomic mass is 16.3. The van der Waals surface area contributed by atoms with Gasteiger partial charge in [0.1, 0.15) is 22.3 Å². The van der Waals surface area contributed by atoms with Crippen molar-refractivity contribution in [2.75, 3.05) is 4.90 Å². The van der Waals surface area contributed by atoms with E-state index in [1.807, 2.05) is 24.3 Å². The third kappa shape index (κ3) is 5.28. The number of hydrogen-bond acceptors (Lipinski definition) is 3. The molecule has 2 aromatic heterocycles. The molecule has 11 rings (SSSR count). The quantitative estimate of drug-likeness (QED) is 0.173. The molecule has 0 aliphatic heterocycles. The van der Waals surface area contributed by atoms with Crippen LogP contribution in [0.4, 0.5) is 17.1 Å². The van der Waals surface area contributed by atoms with Gasteiger partial charge in [-0.3, -0.25) is 0 Å². The highest BCUT2D eigenvalue weighted by Gasteiger charge is 2.20. The van der Waals surface area contributed by atoms with Crippen LogP contribution in [0.15, 0.2) is 209 Å². The molecule has 0 unspecified atom stereocenters. The van der Waals surface area contributed by atoms with Gasteiger partial charge in [0.15, 0.2) is 0 Å². The van der Waals surface area contributed by atoms with Gasteiger partial charge in [-0.25, -0.2) is 0 Å². The van der Waals surface area contributed by atoms with E-state index in [1.54, 1.807) is 0 Å². The van der Waals surface area contributed by atoms with E-state index >= 15 is 0 Å². The molecule has 0 bridgehead atoms. The summed E-state index contributed by atoms with van der Waals surface area (Å²) in [6.07, 6.45) is 0. The zero-order valence-corrected chi connectivity index (χ0v) is 29.8. The molecule has 0 amide bonds. The minimum absolute atomic E-state index is 0.870. The number of fused-ring (bicyclic) bond motifs is 7. The van der Waals surface area contributed by atoms with E-state index < -0.39 is 0 Å². The number of para-hydroxylation sites is 3. The summed E-state index contributed by atoms with van der Waals surface area (Å²) in [7, 11) is 0. The lowest BCUT2D eigenvalue weighted by atomic mass is 9.95. The van der Waals surface area contributed by atoms with Gasteiger partial charge in [-0.1, -0.05) is 133 Å². The maximum atomic E-state index is 6.35. The topological polar surface area (TPSA) is 29.5 Å². The summed E-state index contributed by atoms with van der Waals surface area (Å²) in [5.74, 6) is 0. The maximum Gasteiger partial charge on any atom is 0.136 e. The normalized spacial score (nSPS) is 11.6. The minimum atomic E-state index is 0.870. The molecule has 0 aliphatic rings. The number of hydrogen-bond donors (Lipinski definition) is 0. The molecule has 11 aromatic rings. The van der Waals surface area contributed by atoms with Crippen LogP contribution in [0.1, 0.15) is 0 Å². The summed E-state index contributed by atoms with van der Waals surface area (Å²) >= 11 is 0. The Balaban J connectivity index is 1.05. The maximum absolute atomic E-state index is 6.35. The Morgan fingerprint density at radius 1 is 0.291 bits per heavy atom. The first-order valence-electron chi connectivity index (χ1n) is 18.7. The van der Waals surface area contributed by atoms with Crippen molar-refractivity contribution in [2.45, 2.75) is 0 Å². The van der Waals surface area contributed by atoms with Crippen LogP contribution in [0.5, 0.6) is 0 Å². The van der Waals surface area contributed by atoms with Crippen LogP contribution in [0.2, 0.25) is 0 Å². The van der Waals surface area contributed by atoms with Crippen LogP contribution in [0.25, 0.3) is 88.0 Å². The predicted octanol–water partition coefficient (Wildman–Crippen LogP) is 15.1. The van der Waals surface area contributed by atoms with Crippen LogP contribution in [-0.2, 0) is 0 Å². The van der Waals surface area contributed by atoms with Crippen LogP contribution in [0.3, 0.4) is 0 Å². The zero-order chi connectivity index (χ0) is 36.3. The van der Waals surface area contributed by atoms with Crippen molar-refractivity contribution in [2.24, 2.45) is 0 Å². The molecule has 3 heteroatoms. The van der Waals surface area contributed by atoms with E-state index in [4.69, 9.17) is 8.83 Å². The fraction of sp³-hybridized carbons (Fsp3) is 0. The number of benzene rings is 9. The SMILES string of the molecule is c1cc(-c2ccc(N(c3ccc4oc5ccccc5c4c3)c3ccccc3-c3ccc4c(c3)oc3ccccc34)cc2)cc(-c2cccc3ccccc23)c1. The molecular weight excluding hydrogens is 671 g/mol. The van der Waals surface area contributed by atoms with Gasteiger partial charge >= 0.3 is 0 Å². The van der Waals surface area contributed by atoms with Crippen LogP contribution >= 0.6 is 0 Å². The molecule has 0 N–H and O–H groups in total. The summed E-state index contributed by atoms with van der Waals surface area (Å²) in [6.45, 7) is 0. The van der Waals surface area contributed by atoms with Gasteiger partial charge in [-0.05, 0) is 105 Å². The van der Waals surface area contributed by atoms with Crippen molar-refractivity contribution in [1.29, 1.82) is 0 Å². The van der Waals surface area contributed by atoms with E-state index in [2.05, 4.69) is 181 Å². The third-order valence-electron chi connectivity index (χ3n) is 10.9. The summed E-state index contributed by atoms with van der Waals surface area (Å²) in [6, 6.07) is 71.1. The molecule has 0 saturated carbocycles. The summed E-state index contributed by atoms with van der Waals surface area (Å²) in [5, 5.41) is 6.93. The van der Waals surface area contributed by atoms with Gasteiger partial charge in [0, 0.05) is 38.5 Å². The molecule has 0 saturated heterocycles. The largest absolute Gasteiger partial charge is 0.456 e. The number of anilines is 3. The average molecular weight is 704 g/mol. The Morgan fingerprint density at radius 3 is 1.71 bits per heavy atom. The van der Waals surface area contributed by atoms with Crippen LogP contribution in [0, 0.1) is 0 Å². The van der Waals surface area contributed by atoms with E-state index in [1.165, 1.54) is 27.5 Å². The van der Waals surface area contributed by atoms with Gasteiger partial charge in [0.25, 0.3) is 0 Å². The van der Waals surface area contributed by atoms with Crippen molar-refractivity contribution in [1.82, 2.24) is 0 Å². The Hall–Kier alpha value is -7.36. The smallest absolute Gasteiger partial charge is 0.136 e. The zero-order valence-electron chi connectivity index (χ0n) is 29.8. The van der Waals surface area contributed by atoms with Gasteiger partial charge in [0.05, 0.1) is 5.69 Å². The first kappa shape index (κ1) is 31.2. The van der Waals surface area contributed by atoms with Crippen molar-refractivity contribution in [3.05, 3.63) is 200 Å². The molecule has 0 radical (unpaired) electrons. The number of rotatable bonds is 6. The molecule has 9 aromatic carbocycles. The molecule has 2 heterocycles. The molecule has 0 spiro atoms. The number of furan rings is 2. The van der Waals surface area contributed by atoms with Crippen LogP contribution in [-0.4, -0.2) is 0 Å². The standard InChI is InChI=1S/C52H33NO2/c1-2-15-41-35(11-1)12-10-19-42(41)37-14-9-13-36(31-37)34-23-26-39(27-24-34)53(40-28-30-51-47(33-40)45-18-5-8-22-50(45)54-51)48-20-6-3-16-43(48)38-25-29-46-44-17-4-7-21-49(44)55-52(46)32-38/h1-33H. The number of nitrogens with zero attached hydrogens (tertiary/aromatic N) is 1. The van der Waals surface area contributed by atoms with E-state index in [0.717, 1.165) is 77.6 Å². The van der Waals surface area contributed by atoms with Crippen molar-refractivity contribution in [3.8, 4) is 33.4 Å². The van der Waals surface area contributed by atoms with Crippen LogP contribution < -0.4 is 4.90 Å². The fourth-order valence-electron chi connectivity index (χ4n) is 8.23. The van der Waals surface area contributed by atoms with Crippen molar-refractivity contribution in [3.63, 3.8) is 0 Å². The monoisotopic (exact) mass is 703 g/mol. The van der Waals surface area contributed by atoms with Gasteiger partial charge in [0.2, 0.25) is 0 Å². The second kappa shape index (κ2) is 12.6. The molecule has 0 atom stereocenters. The van der Waals surface area contributed by atoms with E-state index in [0.29, 0.717) is 0 Å². The molecule has 55 heavy (non-hydrogen) atoms. The molecule has 3 nitrogen and oxygen atoms in total. The highest BCUT2D eigenvalue weighted by molar-refractivity contribution is 6.08. The second-order valence-electron chi connectivity index (χ2n) is 14.1. The summed E-state index contributed by atoms with van der Waals surface area (Å²) < 4.78 is 12.6. The Bertz CT molecular complexity index is 3220. The lowest BCUT2D eigenvalue weighted by Crippen LogP contribution is -2.11. The second-order valence-corrected chi connectivity index (χ2v) is 14.1. The van der Waals surface area contributed by atoms with Gasteiger partial charge in [-0.2, -0.15) is 0 Å². The fourth-order valence-corrected chi connectivity index (χ4v) is 8.23. The first-order chi connectivity index (χ1) is 27.2. The Labute approximate surface area is 317 Å². The summed E-state index contributed by atoms with van der Waals surface area (Å²) in [4.78, 5) is 2.36. The lowest BCUT2D eigenvalue weighted by Gasteiger charge is -2.28. The Kier molecular flexibility index (Phi) is 7.17. The lowest BCUT2D eigenvalue weighted by molar-refractivity contribution is 0.668.